The molecular weight excluding hydrogens is 358 g/mol. The molecule has 2 aliphatic heterocycles. The Hall–Kier alpha value is -3.03. The zero-order chi connectivity index (χ0) is 19.3. The van der Waals surface area contributed by atoms with Gasteiger partial charge in [0.2, 0.25) is 5.95 Å². The molecule has 8 heteroatoms. The number of hydrogen-bond acceptors (Lipinski definition) is 7. The highest BCUT2D eigenvalue weighted by atomic mass is 16.6. The lowest BCUT2D eigenvalue weighted by molar-refractivity contribution is 0.0944. The van der Waals surface area contributed by atoms with Crippen molar-refractivity contribution in [3.8, 4) is 11.5 Å². The Morgan fingerprint density at radius 3 is 2.82 bits per heavy atom. The first-order valence-electron chi connectivity index (χ1n) is 9.72. The first-order valence-corrected chi connectivity index (χ1v) is 9.72. The number of benzene rings is 1. The first-order chi connectivity index (χ1) is 13.7. The van der Waals surface area contributed by atoms with Crippen LogP contribution < -0.4 is 25.0 Å². The second-order valence-corrected chi connectivity index (χ2v) is 6.90. The Labute approximate surface area is 164 Å². The second kappa shape index (κ2) is 8.33. The van der Waals surface area contributed by atoms with Crippen LogP contribution in [0, 0.1) is 6.92 Å². The Morgan fingerprint density at radius 1 is 1.14 bits per heavy atom. The van der Waals surface area contributed by atoms with Crippen molar-refractivity contribution in [2.45, 2.75) is 19.8 Å². The van der Waals surface area contributed by atoms with Crippen LogP contribution in [0.5, 0.6) is 11.5 Å². The Morgan fingerprint density at radius 2 is 1.96 bits per heavy atom. The number of fused-ring (bicyclic) bond motifs is 1. The van der Waals surface area contributed by atoms with Crippen LogP contribution in [0.15, 0.2) is 24.3 Å². The summed E-state index contributed by atoms with van der Waals surface area (Å²) in [6.07, 6.45) is 2.41. The number of para-hydroxylation sites is 1. The number of rotatable bonds is 6. The van der Waals surface area contributed by atoms with Crippen molar-refractivity contribution in [1.29, 1.82) is 0 Å². The lowest BCUT2D eigenvalue weighted by Crippen LogP contribution is -2.30. The van der Waals surface area contributed by atoms with Gasteiger partial charge in [-0.25, -0.2) is 4.98 Å². The highest BCUT2D eigenvalue weighted by molar-refractivity contribution is 5.97. The normalized spacial score (nSPS) is 15.4. The van der Waals surface area contributed by atoms with Crippen molar-refractivity contribution in [1.82, 2.24) is 15.3 Å². The van der Waals surface area contributed by atoms with Gasteiger partial charge < -0.3 is 25.0 Å². The van der Waals surface area contributed by atoms with E-state index in [1.54, 1.807) is 18.2 Å². The molecule has 8 nitrogen and oxygen atoms in total. The monoisotopic (exact) mass is 383 g/mol. The zero-order valence-electron chi connectivity index (χ0n) is 16.0. The maximum Gasteiger partial charge on any atom is 0.255 e. The molecule has 1 aromatic heterocycles. The third-order valence-corrected chi connectivity index (χ3v) is 4.78. The molecule has 3 heterocycles. The first kappa shape index (κ1) is 18.3. The van der Waals surface area contributed by atoms with E-state index in [4.69, 9.17) is 9.47 Å². The molecule has 28 heavy (non-hydrogen) atoms. The molecule has 1 aromatic carbocycles. The van der Waals surface area contributed by atoms with E-state index in [1.807, 2.05) is 13.0 Å². The smallest absolute Gasteiger partial charge is 0.255 e. The SMILES string of the molecule is Cc1cc(N2CCCC2)nc(NCCNC(=O)c2cccc3c2OCCO3)n1. The minimum Gasteiger partial charge on any atom is -0.486 e. The number of aromatic nitrogens is 2. The predicted molar refractivity (Wildman–Crippen MR) is 106 cm³/mol. The summed E-state index contributed by atoms with van der Waals surface area (Å²) < 4.78 is 11.1. The van der Waals surface area contributed by atoms with Crippen molar-refractivity contribution >= 4 is 17.7 Å². The molecule has 0 aliphatic carbocycles. The molecule has 0 saturated carbocycles. The molecule has 0 spiro atoms. The van der Waals surface area contributed by atoms with Crippen LogP contribution >= 0.6 is 0 Å². The van der Waals surface area contributed by atoms with Gasteiger partial charge >= 0.3 is 0 Å². The molecule has 1 saturated heterocycles. The number of carbonyl (C=O) groups is 1. The standard InChI is InChI=1S/C20H25N5O3/c1-14-13-17(25-9-2-3-10-25)24-20(23-14)22-8-7-21-19(26)15-5-4-6-16-18(15)28-12-11-27-16/h4-6,13H,2-3,7-12H2,1H3,(H,21,26)(H,22,23,24). The maximum absolute atomic E-state index is 12.5. The maximum atomic E-state index is 12.5. The van der Waals surface area contributed by atoms with Crippen LogP contribution in [-0.4, -0.2) is 55.3 Å². The summed E-state index contributed by atoms with van der Waals surface area (Å²) in [5, 5.41) is 6.10. The van der Waals surface area contributed by atoms with Gasteiger partial charge in [-0.1, -0.05) is 6.07 Å². The number of hydrogen-bond donors (Lipinski definition) is 2. The third-order valence-electron chi connectivity index (χ3n) is 4.78. The van der Waals surface area contributed by atoms with Gasteiger partial charge in [0.1, 0.15) is 19.0 Å². The number of nitrogens with one attached hydrogen (secondary N) is 2. The lowest BCUT2D eigenvalue weighted by Gasteiger charge is -2.20. The van der Waals surface area contributed by atoms with Crippen LogP contribution in [0.2, 0.25) is 0 Å². The molecule has 1 amide bonds. The van der Waals surface area contributed by atoms with Gasteiger partial charge in [-0.2, -0.15) is 4.98 Å². The van der Waals surface area contributed by atoms with E-state index in [0.717, 1.165) is 24.6 Å². The van der Waals surface area contributed by atoms with Crippen molar-refractivity contribution in [3.05, 3.63) is 35.5 Å². The summed E-state index contributed by atoms with van der Waals surface area (Å²) in [5.41, 5.74) is 1.41. The van der Waals surface area contributed by atoms with Crippen molar-refractivity contribution < 1.29 is 14.3 Å². The number of carbonyl (C=O) groups excluding carboxylic acids is 1. The number of amides is 1. The molecule has 0 unspecified atom stereocenters. The fraction of sp³-hybridized carbons (Fsp3) is 0.450. The average Bonchev–Trinajstić information content (AvgIpc) is 3.25. The largest absolute Gasteiger partial charge is 0.486 e. The van der Waals surface area contributed by atoms with Gasteiger partial charge in [0.05, 0.1) is 5.56 Å². The van der Waals surface area contributed by atoms with Gasteiger partial charge in [0, 0.05) is 37.9 Å². The Bertz CT molecular complexity index is 852. The van der Waals surface area contributed by atoms with E-state index in [9.17, 15) is 4.79 Å². The van der Waals surface area contributed by atoms with Gasteiger partial charge in [0.25, 0.3) is 5.91 Å². The van der Waals surface area contributed by atoms with Crippen molar-refractivity contribution in [3.63, 3.8) is 0 Å². The van der Waals surface area contributed by atoms with Crippen LogP contribution in [0.1, 0.15) is 28.9 Å². The quantitative estimate of drug-likeness (QED) is 0.738. The van der Waals surface area contributed by atoms with Crippen LogP contribution in [0.3, 0.4) is 0 Å². The highest BCUT2D eigenvalue weighted by Crippen LogP contribution is 2.33. The Kier molecular flexibility index (Phi) is 5.45. The Balaban J connectivity index is 1.32. The average molecular weight is 383 g/mol. The summed E-state index contributed by atoms with van der Waals surface area (Å²) in [7, 11) is 0. The minimum atomic E-state index is -0.188. The van der Waals surface area contributed by atoms with Gasteiger partial charge in [-0.3, -0.25) is 4.79 Å². The number of ether oxygens (including phenoxy) is 2. The highest BCUT2D eigenvalue weighted by Gasteiger charge is 2.20. The summed E-state index contributed by atoms with van der Waals surface area (Å²) in [6.45, 7) is 5.97. The van der Waals surface area contributed by atoms with Gasteiger partial charge in [-0.05, 0) is 31.9 Å². The van der Waals surface area contributed by atoms with E-state index in [-0.39, 0.29) is 5.91 Å². The van der Waals surface area contributed by atoms with E-state index in [0.29, 0.717) is 49.3 Å². The molecule has 2 aliphatic rings. The van der Waals surface area contributed by atoms with E-state index in [2.05, 4.69) is 25.5 Å². The van der Waals surface area contributed by atoms with Crippen molar-refractivity contribution in [2.75, 3.05) is 49.6 Å². The minimum absolute atomic E-state index is 0.188. The second-order valence-electron chi connectivity index (χ2n) is 6.90. The fourth-order valence-corrected chi connectivity index (χ4v) is 3.44. The third kappa shape index (κ3) is 4.11. The molecule has 148 valence electrons. The lowest BCUT2D eigenvalue weighted by atomic mass is 10.1. The molecule has 2 aromatic rings. The molecule has 0 atom stereocenters. The van der Waals surface area contributed by atoms with Gasteiger partial charge in [-0.15, -0.1) is 0 Å². The predicted octanol–water partition coefficient (Wildman–Crippen LogP) is 2.00. The van der Waals surface area contributed by atoms with E-state index in [1.165, 1.54) is 12.8 Å². The summed E-state index contributed by atoms with van der Waals surface area (Å²) in [6, 6.07) is 7.35. The topological polar surface area (TPSA) is 88.6 Å². The summed E-state index contributed by atoms with van der Waals surface area (Å²) >= 11 is 0. The van der Waals surface area contributed by atoms with Crippen LogP contribution in [-0.2, 0) is 0 Å². The van der Waals surface area contributed by atoms with E-state index >= 15 is 0 Å². The molecule has 1 fully saturated rings. The van der Waals surface area contributed by atoms with Crippen molar-refractivity contribution in [2.24, 2.45) is 0 Å². The molecule has 0 radical (unpaired) electrons. The molecule has 0 bridgehead atoms. The summed E-state index contributed by atoms with van der Waals surface area (Å²) in [4.78, 5) is 23.8. The molecule has 4 rings (SSSR count). The number of aryl methyl sites for hydroxylation is 1. The molecule has 2 N–H and O–H groups in total. The van der Waals surface area contributed by atoms with Crippen LogP contribution in [0.4, 0.5) is 11.8 Å². The molecular formula is C20H25N5O3. The number of anilines is 2. The van der Waals surface area contributed by atoms with Gasteiger partial charge in [0.15, 0.2) is 11.5 Å². The fourth-order valence-electron chi connectivity index (χ4n) is 3.44. The van der Waals surface area contributed by atoms with Crippen LogP contribution in [0.25, 0.3) is 0 Å². The summed E-state index contributed by atoms with van der Waals surface area (Å²) in [5.74, 6) is 2.48. The number of nitrogens with zero attached hydrogens (tertiary/aromatic N) is 3. The zero-order valence-corrected chi connectivity index (χ0v) is 16.0. The van der Waals surface area contributed by atoms with E-state index < -0.39 is 0 Å².